The number of amides is 1. The molecule has 2 aromatic carbocycles. The summed E-state index contributed by atoms with van der Waals surface area (Å²) in [6, 6.07) is 21.8. The summed E-state index contributed by atoms with van der Waals surface area (Å²) in [5.74, 6) is 0.559. The fourth-order valence-electron chi connectivity index (χ4n) is 3.64. The van der Waals surface area contributed by atoms with E-state index in [2.05, 4.69) is 39.1 Å². The normalized spacial score (nSPS) is 16.0. The average Bonchev–Trinajstić information content (AvgIpc) is 2.70. The van der Waals surface area contributed by atoms with Crippen molar-refractivity contribution in [3.63, 3.8) is 0 Å². The lowest BCUT2D eigenvalue weighted by Gasteiger charge is -2.31. The van der Waals surface area contributed by atoms with Gasteiger partial charge in [-0.2, -0.15) is 0 Å². The molecule has 0 radical (unpaired) electrons. The van der Waals surface area contributed by atoms with Gasteiger partial charge < -0.3 is 0 Å². The molecule has 3 aromatic rings. The minimum atomic E-state index is -0.144. The maximum Gasteiger partial charge on any atom is 0.240 e. The molecule has 0 spiro atoms. The van der Waals surface area contributed by atoms with Crippen LogP contribution in [-0.4, -0.2) is 10.9 Å². The highest BCUT2D eigenvalue weighted by Crippen LogP contribution is 2.38. The summed E-state index contributed by atoms with van der Waals surface area (Å²) in [6.45, 7) is 0. The quantitative estimate of drug-likeness (QED) is 0.564. The molecule has 4 heteroatoms. The first-order valence-electron chi connectivity index (χ1n) is 8.83. The smallest absolute Gasteiger partial charge is 0.240 e. The Balaban J connectivity index is 1.81. The van der Waals surface area contributed by atoms with Crippen molar-refractivity contribution < 1.29 is 4.79 Å². The van der Waals surface area contributed by atoms with E-state index in [1.54, 1.807) is 11.1 Å². The highest BCUT2D eigenvalue weighted by molar-refractivity contribution is 9.10. The Morgan fingerprint density at radius 3 is 2.58 bits per heavy atom. The highest BCUT2D eigenvalue weighted by Gasteiger charge is 2.32. The first-order valence-corrected chi connectivity index (χ1v) is 9.62. The van der Waals surface area contributed by atoms with E-state index in [4.69, 9.17) is 0 Å². The molecular weight excluding hydrogens is 388 g/mol. The second-order valence-electron chi connectivity index (χ2n) is 6.46. The van der Waals surface area contributed by atoms with Crippen molar-refractivity contribution >= 4 is 33.3 Å². The number of para-hydroxylation sites is 1. The van der Waals surface area contributed by atoms with Gasteiger partial charge in [-0.05, 0) is 70.6 Å². The van der Waals surface area contributed by atoms with Gasteiger partial charge in [-0.1, -0.05) is 42.5 Å². The predicted molar refractivity (Wildman–Crippen MR) is 108 cm³/mol. The maximum absolute atomic E-state index is 13.7. The lowest BCUT2D eigenvalue weighted by atomic mass is 9.82. The van der Waals surface area contributed by atoms with Crippen molar-refractivity contribution in [2.75, 3.05) is 4.90 Å². The van der Waals surface area contributed by atoms with Crippen LogP contribution < -0.4 is 4.90 Å². The molecule has 1 heterocycles. The van der Waals surface area contributed by atoms with E-state index in [9.17, 15) is 4.79 Å². The number of carbonyl (C=O) groups excluding carboxylic acids is 1. The van der Waals surface area contributed by atoms with Gasteiger partial charge in [-0.3, -0.25) is 9.69 Å². The summed E-state index contributed by atoms with van der Waals surface area (Å²) in [5, 5.41) is 0. The van der Waals surface area contributed by atoms with Gasteiger partial charge in [0.2, 0.25) is 5.91 Å². The first-order chi connectivity index (χ1) is 12.8. The van der Waals surface area contributed by atoms with E-state index in [-0.39, 0.29) is 11.8 Å². The number of pyridine rings is 1. The molecule has 0 saturated carbocycles. The third-order valence-electron chi connectivity index (χ3n) is 4.85. The predicted octanol–water partition coefficient (Wildman–Crippen LogP) is 5.63. The zero-order valence-corrected chi connectivity index (χ0v) is 15.9. The van der Waals surface area contributed by atoms with E-state index in [1.165, 1.54) is 5.56 Å². The largest absolute Gasteiger partial charge is 0.273 e. The van der Waals surface area contributed by atoms with Gasteiger partial charge in [0, 0.05) is 6.20 Å². The Hall–Kier alpha value is -2.46. The fraction of sp³-hybridized carbons (Fsp3) is 0.182. The molecule has 0 N–H and O–H groups in total. The van der Waals surface area contributed by atoms with Crippen LogP contribution >= 0.6 is 15.9 Å². The van der Waals surface area contributed by atoms with Gasteiger partial charge in [-0.15, -0.1) is 0 Å². The van der Waals surface area contributed by atoms with Crippen molar-refractivity contribution in [1.82, 2.24) is 4.98 Å². The first kappa shape index (κ1) is 17.0. The third-order valence-corrected chi connectivity index (χ3v) is 5.47. The Morgan fingerprint density at radius 1 is 1.00 bits per heavy atom. The minimum Gasteiger partial charge on any atom is -0.273 e. The molecule has 4 rings (SSSR count). The number of carbonyl (C=O) groups is 1. The summed E-state index contributed by atoms with van der Waals surface area (Å²) < 4.78 is 0.807. The molecule has 130 valence electrons. The Bertz CT molecular complexity index is 926. The number of anilines is 2. The lowest BCUT2D eigenvalue weighted by molar-refractivity contribution is -0.119. The highest BCUT2D eigenvalue weighted by atomic mass is 79.9. The van der Waals surface area contributed by atoms with Crippen LogP contribution in [0.25, 0.3) is 0 Å². The van der Waals surface area contributed by atoms with Crippen LogP contribution in [-0.2, 0) is 11.2 Å². The Kier molecular flexibility index (Phi) is 4.85. The minimum absolute atomic E-state index is 0.0720. The molecule has 1 aliphatic rings. The van der Waals surface area contributed by atoms with Gasteiger partial charge in [0.15, 0.2) is 5.82 Å². The van der Waals surface area contributed by atoms with Crippen molar-refractivity contribution in [1.29, 1.82) is 0 Å². The van der Waals surface area contributed by atoms with Crippen molar-refractivity contribution in [2.45, 2.75) is 25.2 Å². The van der Waals surface area contributed by atoms with E-state index in [0.29, 0.717) is 5.82 Å². The van der Waals surface area contributed by atoms with Gasteiger partial charge in [0.05, 0.1) is 16.1 Å². The van der Waals surface area contributed by atoms with Crippen molar-refractivity contribution in [3.8, 4) is 0 Å². The lowest BCUT2D eigenvalue weighted by Crippen LogP contribution is -2.33. The average molecular weight is 407 g/mol. The van der Waals surface area contributed by atoms with E-state index in [0.717, 1.165) is 35.0 Å². The number of fused-ring (bicyclic) bond motifs is 1. The zero-order chi connectivity index (χ0) is 17.9. The van der Waals surface area contributed by atoms with E-state index < -0.39 is 0 Å². The van der Waals surface area contributed by atoms with Crippen LogP contribution in [0, 0.1) is 0 Å². The number of rotatable bonds is 3. The molecular formula is C22H19BrN2O. The zero-order valence-electron chi connectivity index (χ0n) is 14.3. The number of halogens is 1. The maximum atomic E-state index is 13.7. The Morgan fingerprint density at radius 2 is 1.77 bits per heavy atom. The monoisotopic (exact) mass is 406 g/mol. The number of nitrogens with zero attached hydrogens (tertiary/aromatic N) is 2. The number of aryl methyl sites for hydroxylation is 1. The molecule has 26 heavy (non-hydrogen) atoms. The molecule has 0 fully saturated rings. The molecule has 1 aromatic heterocycles. The third kappa shape index (κ3) is 3.17. The molecule has 3 nitrogen and oxygen atoms in total. The van der Waals surface area contributed by atoms with Crippen LogP contribution in [0.15, 0.2) is 77.4 Å². The van der Waals surface area contributed by atoms with Crippen LogP contribution in [0.1, 0.15) is 29.9 Å². The van der Waals surface area contributed by atoms with Crippen molar-refractivity contribution in [2.24, 2.45) is 0 Å². The number of hydrogen-bond acceptors (Lipinski definition) is 2. The topological polar surface area (TPSA) is 33.2 Å². The Labute approximate surface area is 161 Å². The fourth-order valence-corrected chi connectivity index (χ4v) is 4.07. The molecule has 0 saturated heterocycles. The molecule has 0 bridgehead atoms. The van der Waals surface area contributed by atoms with Crippen LogP contribution in [0.2, 0.25) is 0 Å². The number of hydrogen-bond donors (Lipinski definition) is 0. The number of aromatic nitrogens is 1. The van der Waals surface area contributed by atoms with E-state index >= 15 is 0 Å². The van der Waals surface area contributed by atoms with Crippen LogP contribution in [0.5, 0.6) is 0 Å². The summed E-state index contributed by atoms with van der Waals surface area (Å²) in [6.07, 6.45) is 4.65. The van der Waals surface area contributed by atoms with Gasteiger partial charge in [0.25, 0.3) is 0 Å². The summed E-state index contributed by atoms with van der Waals surface area (Å²) in [5.41, 5.74) is 3.27. The summed E-state index contributed by atoms with van der Waals surface area (Å²) in [4.78, 5) is 19.9. The van der Waals surface area contributed by atoms with Gasteiger partial charge >= 0.3 is 0 Å². The van der Waals surface area contributed by atoms with E-state index in [1.807, 2.05) is 48.5 Å². The van der Waals surface area contributed by atoms with Gasteiger partial charge in [0.1, 0.15) is 0 Å². The second kappa shape index (κ2) is 7.42. The number of benzene rings is 2. The van der Waals surface area contributed by atoms with Crippen LogP contribution in [0.4, 0.5) is 11.5 Å². The van der Waals surface area contributed by atoms with Crippen molar-refractivity contribution in [3.05, 3.63) is 88.5 Å². The SMILES string of the molecule is O=C([C@@H]1CCCc2ccccc21)N(c1ccccc1)c1ncccc1Br. The van der Waals surface area contributed by atoms with Gasteiger partial charge in [-0.25, -0.2) is 4.98 Å². The molecule has 0 unspecified atom stereocenters. The summed E-state index contributed by atoms with van der Waals surface area (Å²) >= 11 is 3.56. The summed E-state index contributed by atoms with van der Waals surface area (Å²) in [7, 11) is 0. The van der Waals surface area contributed by atoms with Crippen LogP contribution in [0.3, 0.4) is 0 Å². The molecule has 1 aliphatic carbocycles. The molecule has 1 atom stereocenters. The standard InChI is InChI=1S/C22H19BrN2O/c23-20-14-7-15-24-21(20)25(17-10-2-1-3-11-17)22(26)19-13-6-9-16-8-4-5-12-18(16)19/h1-5,7-8,10-12,14-15,19H,6,9,13H2/t19-/m1/s1. The molecule has 1 amide bonds. The molecule has 0 aliphatic heterocycles. The second-order valence-corrected chi connectivity index (χ2v) is 7.32.